The molecule has 2 aromatic rings. The van der Waals surface area contributed by atoms with Crippen molar-refractivity contribution in [2.75, 3.05) is 0 Å². The summed E-state index contributed by atoms with van der Waals surface area (Å²) in [6, 6.07) is 12.3. The van der Waals surface area contributed by atoms with Crippen molar-refractivity contribution in [1.29, 1.82) is 0 Å². The van der Waals surface area contributed by atoms with Crippen molar-refractivity contribution in [2.45, 2.75) is 13.0 Å². The fourth-order valence-corrected chi connectivity index (χ4v) is 2.28. The van der Waals surface area contributed by atoms with Crippen molar-refractivity contribution < 1.29 is 4.39 Å². The van der Waals surface area contributed by atoms with Gasteiger partial charge in [0.25, 0.3) is 0 Å². The molecule has 1 unspecified atom stereocenters. The second-order valence-corrected chi connectivity index (χ2v) is 4.95. The van der Waals surface area contributed by atoms with Gasteiger partial charge in [-0.3, -0.25) is 0 Å². The topological polar surface area (TPSA) is 26.0 Å². The maximum atomic E-state index is 13.0. The summed E-state index contributed by atoms with van der Waals surface area (Å²) in [5.41, 5.74) is 9.02. The first kappa shape index (κ1) is 12.3. The van der Waals surface area contributed by atoms with E-state index in [0.717, 1.165) is 21.2 Å². The van der Waals surface area contributed by atoms with Crippen molar-refractivity contribution in [3.63, 3.8) is 0 Å². The van der Waals surface area contributed by atoms with Gasteiger partial charge in [0.05, 0.1) is 6.04 Å². The van der Waals surface area contributed by atoms with Gasteiger partial charge in [0.15, 0.2) is 0 Å². The van der Waals surface area contributed by atoms with Crippen LogP contribution in [0.2, 0.25) is 0 Å². The molecule has 1 nitrogen and oxygen atoms in total. The number of rotatable bonds is 2. The van der Waals surface area contributed by atoms with Crippen LogP contribution in [0.5, 0.6) is 0 Å². The fourth-order valence-electron chi connectivity index (χ4n) is 1.87. The number of benzene rings is 2. The molecule has 0 saturated heterocycles. The van der Waals surface area contributed by atoms with Crippen LogP contribution in [0.1, 0.15) is 22.7 Å². The number of nitrogens with two attached hydrogens (primary N) is 1. The molecule has 2 N–H and O–H groups in total. The molecule has 0 amide bonds. The summed E-state index contributed by atoms with van der Waals surface area (Å²) in [7, 11) is 0. The van der Waals surface area contributed by atoms with E-state index in [-0.39, 0.29) is 11.9 Å². The molecule has 0 spiro atoms. The zero-order valence-corrected chi connectivity index (χ0v) is 11.0. The highest BCUT2D eigenvalue weighted by Gasteiger charge is 2.11. The van der Waals surface area contributed by atoms with E-state index in [1.54, 1.807) is 6.07 Å². The Bertz CT molecular complexity index is 539. The molecule has 0 heterocycles. The lowest BCUT2D eigenvalue weighted by atomic mass is 9.96. The molecule has 3 heteroatoms. The monoisotopic (exact) mass is 293 g/mol. The van der Waals surface area contributed by atoms with Crippen molar-refractivity contribution in [1.82, 2.24) is 0 Å². The summed E-state index contributed by atoms with van der Waals surface area (Å²) in [5.74, 6) is -0.229. The number of hydrogen-bond acceptors (Lipinski definition) is 1. The average molecular weight is 294 g/mol. The Morgan fingerprint density at radius 1 is 1.18 bits per heavy atom. The molecular formula is C14H13BrFN. The summed E-state index contributed by atoms with van der Waals surface area (Å²) in [6.45, 7) is 1.87. The van der Waals surface area contributed by atoms with Gasteiger partial charge in [-0.05, 0) is 47.9 Å². The Kier molecular flexibility index (Phi) is 3.60. The molecule has 0 bridgehead atoms. The molecule has 0 aliphatic carbocycles. The van der Waals surface area contributed by atoms with Crippen molar-refractivity contribution >= 4 is 15.9 Å². The van der Waals surface area contributed by atoms with Gasteiger partial charge in [0.2, 0.25) is 0 Å². The van der Waals surface area contributed by atoms with Gasteiger partial charge in [-0.2, -0.15) is 0 Å². The predicted octanol–water partition coefficient (Wildman–Crippen LogP) is 3.94. The highest BCUT2D eigenvalue weighted by atomic mass is 79.9. The van der Waals surface area contributed by atoms with Crippen molar-refractivity contribution in [2.24, 2.45) is 5.73 Å². The Labute approximate surface area is 109 Å². The second kappa shape index (κ2) is 4.98. The highest BCUT2D eigenvalue weighted by Crippen LogP contribution is 2.25. The molecule has 2 rings (SSSR count). The van der Waals surface area contributed by atoms with Crippen molar-refractivity contribution in [3.8, 4) is 0 Å². The van der Waals surface area contributed by atoms with E-state index in [4.69, 9.17) is 5.73 Å². The van der Waals surface area contributed by atoms with Gasteiger partial charge < -0.3 is 5.73 Å². The van der Waals surface area contributed by atoms with Crippen LogP contribution in [0, 0.1) is 12.7 Å². The normalized spacial score (nSPS) is 12.5. The molecular weight excluding hydrogens is 281 g/mol. The third-order valence-corrected chi connectivity index (χ3v) is 3.27. The van der Waals surface area contributed by atoms with Crippen LogP contribution < -0.4 is 5.73 Å². The molecule has 0 aliphatic rings. The highest BCUT2D eigenvalue weighted by molar-refractivity contribution is 9.10. The molecule has 0 fully saturated rings. The lowest BCUT2D eigenvalue weighted by molar-refractivity contribution is 0.624. The Balaban J connectivity index is 2.40. The predicted molar refractivity (Wildman–Crippen MR) is 71.3 cm³/mol. The van der Waals surface area contributed by atoms with E-state index in [9.17, 15) is 4.39 Å². The van der Waals surface area contributed by atoms with E-state index in [0.29, 0.717) is 0 Å². The first-order valence-corrected chi connectivity index (χ1v) is 6.14. The lowest BCUT2D eigenvalue weighted by Gasteiger charge is -2.15. The molecule has 0 aliphatic heterocycles. The first-order valence-electron chi connectivity index (χ1n) is 5.35. The first-order chi connectivity index (χ1) is 8.08. The number of aryl methyl sites for hydroxylation is 1. The SMILES string of the molecule is Cc1cc(F)ccc1C(N)c1cccc(Br)c1. The zero-order valence-electron chi connectivity index (χ0n) is 9.45. The van der Waals surface area contributed by atoms with Crippen LogP contribution >= 0.6 is 15.9 Å². The molecule has 0 aromatic heterocycles. The minimum atomic E-state index is -0.229. The maximum Gasteiger partial charge on any atom is 0.123 e. The molecule has 0 saturated carbocycles. The van der Waals surface area contributed by atoms with Crippen LogP contribution in [-0.2, 0) is 0 Å². The van der Waals surface area contributed by atoms with Crippen LogP contribution in [-0.4, -0.2) is 0 Å². The minimum absolute atomic E-state index is 0.229. The Morgan fingerprint density at radius 3 is 2.59 bits per heavy atom. The molecule has 88 valence electrons. The standard InChI is InChI=1S/C14H13BrFN/c1-9-7-12(16)5-6-13(9)14(17)10-3-2-4-11(15)8-10/h2-8,14H,17H2,1H3. The van der Waals surface area contributed by atoms with Gasteiger partial charge in [-0.25, -0.2) is 4.39 Å². The Morgan fingerprint density at radius 2 is 1.94 bits per heavy atom. The van der Waals surface area contributed by atoms with Crippen LogP contribution in [0.25, 0.3) is 0 Å². The van der Waals surface area contributed by atoms with E-state index in [1.807, 2.05) is 31.2 Å². The summed E-state index contributed by atoms with van der Waals surface area (Å²) in [6.07, 6.45) is 0. The van der Waals surface area contributed by atoms with E-state index in [1.165, 1.54) is 12.1 Å². The molecule has 1 atom stereocenters. The largest absolute Gasteiger partial charge is 0.320 e. The summed E-state index contributed by atoms with van der Waals surface area (Å²) >= 11 is 3.42. The smallest absolute Gasteiger partial charge is 0.123 e. The van der Waals surface area contributed by atoms with E-state index >= 15 is 0 Å². The number of halogens is 2. The Hall–Kier alpha value is -1.19. The van der Waals surface area contributed by atoms with Crippen LogP contribution in [0.15, 0.2) is 46.9 Å². The average Bonchev–Trinajstić information content (AvgIpc) is 2.28. The summed E-state index contributed by atoms with van der Waals surface area (Å²) < 4.78 is 14.0. The van der Waals surface area contributed by atoms with Gasteiger partial charge >= 0.3 is 0 Å². The summed E-state index contributed by atoms with van der Waals surface area (Å²) in [5, 5.41) is 0. The van der Waals surface area contributed by atoms with E-state index in [2.05, 4.69) is 15.9 Å². The number of hydrogen-bond donors (Lipinski definition) is 1. The fraction of sp³-hybridized carbons (Fsp3) is 0.143. The lowest BCUT2D eigenvalue weighted by Crippen LogP contribution is -2.13. The van der Waals surface area contributed by atoms with Crippen molar-refractivity contribution in [3.05, 3.63) is 69.4 Å². The molecule has 0 radical (unpaired) electrons. The maximum absolute atomic E-state index is 13.0. The minimum Gasteiger partial charge on any atom is -0.320 e. The quantitative estimate of drug-likeness (QED) is 0.892. The van der Waals surface area contributed by atoms with E-state index < -0.39 is 0 Å². The second-order valence-electron chi connectivity index (χ2n) is 4.03. The van der Waals surface area contributed by atoms with Gasteiger partial charge in [0, 0.05) is 4.47 Å². The van der Waals surface area contributed by atoms with Gasteiger partial charge in [-0.1, -0.05) is 34.1 Å². The van der Waals surface area contributed by atoms with Gasteiger partial charge in [-0.15, -0.1) is 0 Å². The molecule has 2 aromatic carbocycles. The molecule has 17 heavy (non-hydrogen) atoms. The zero-order chi connectivity index (χ0) is 12.4. The third kappa shape index (κ3) is 2.73. The van der Waals surface area contributed by atoms with Crippen LogP contribution in [0.4, 0.5) is 4.39 Å². The third-order valence-electron chi connectivity index (χ3n) is 2.77. The van der Waals surface area contributed by atoms with Crippen LogP contribution in [0.3, 0.4) is 0 Å². The summed E-state index contributed by atoms with van der Waals surface area (Å²) in [4.78, 5) is 0. The van der Waals surface area contributed by atoms with Gasteiger partial charge in [0.1, 0.15) is 5.82 Å².